The predicted octanol–water partition coefficient (Wildman–Crippen LogP) is 4.12. The molecule has 1 aromatic carbocycles. The number of hydrogen-bond acceptors (Lipinski definition) is 6. The van der Waals surface area contributed by atoms with Crippen LogP contribution >= 0.6 is 11.3 Å². The zero-order chi connectivity index (χ0) is 21.7. The molecule has 0 radical (unpaired) electrons. The lowest BCUT2D eigenvalue weighted by atomic mass is 10.1. The van der Waals surface area contributed by atoms with E-state index in [1.165, 1.54) is 19.3 Å². The molecule has 9 heteroatoms. The molecule has 1 aliphatic heterocycles. The van der Waals surface area contributed by atoms with E-state index in [1.807, 2.05) is 12.1 Å². The van der Waals surface area contributed by atoms with Crippen LogP contribution in [0.1, 0.15) is 24.8 Å². The number of benzene rings is 1. The van der Waals surface area contributed by atoms with Gasteiger partial charge in [-0.05, 0) is 60.5 Å². The van der Waals surface area contributed by atoms with Gasteiger partial charge in [-0.25, -0.2) is 13.4 Å². The number of thiophene rings is 1. The Balaban J connectivity index is 1.31. The Bertz CT molecular complexity index is 1110. The van der Waals surface area contributed by atoms with Gasteiger partial charge in [0.2, 0.25) is 5.91 Å². The molecule has 3 aromatic rings. The Hall–Kier alpha value is -2.91. The number of carbonyl (C=O) groups is 1. The fourth-order valence-electron chi connectivity index (χ4n) is 3.47. The molecule has 7 nitrogen and oxygen atoms in total. The molecule has 0 bridgehead atoms. The average molecular weight is 457 g/mol. The van der Waals surface area contributed by atoms with Gasteiger partial charge in [-0.3, -0.25) is 9.52 Å². The molecule has 0 spiro atoms. The van der Waals surface area contributed by atoms with Crippen LogP contribution in [-0.4, -0.2) is 32.4 Å². The van der Waals surface area contributed by atoms with E-state index in [1.54, 1.807) is 48.0 Å². The minimum atomic E-state index is -3.58. The summed E-state index contributed by atoms with van der Waals surface area (Å²) in [4.78, 5) is 19.1. The van der Waals surface area contributed by atoms with Gasteiger partial charge in [0.05, 0.1) is 18.3 Å². The molecule has 0 unspecified atom stereocenters. The number of aromatic nitrogens is 1. The Morgan fingerprint density at radius 1 is 1.00 bits per heavy atom. The van der Waals surface area contributed by atoms with Crippen LogP contribution in [0.3, 0.4) is 0 Å². The van der Waals surface area contributed by atoms with E-state index in [9.17, 15) is 13.2 Å². The van der Waals surface area contributed by atoms with Gasteiger partial charge < -0.3 is 10.2 Å². The van der Waals surface area contributed by atoms with Crippen LogP contribution in [0, 0.1) is 0 Å². The average Bonchev–Trinajstić information content (AvgIpc) is 3.32. The Morgan fingerprint density at radius 3 is 2.39 bits per heavy atom. The second-order valence-electron chi connectivity index (χ2n) is 7.41. The van der Waals surface area contributed by atoms with Crippen molar-refractivity contribution in [2.24, 2.45) is 0 Å². The summed E-state index contributed by atoms with van der Waals surface area (Å²) < 4.78 is 27.4. The molecule has 162 valence electrons. The monoisotopic (exact) mass is 456 g/mol. The summed E-state index contributed by atoms with van der Waals surface area (Å²) in [7, 11) is -3.58. The first-order chi connectivity index (χ1) is 15.0. The maximum Gasteiger partial charge on any atom is 0.271 e. The van der Waals surface area contributed by atoms with Crippen LogP contribution in [0.2, 0.25) is 0 Å². The maximum absolute atomic E-state index is 12.4. The highest BCUT2D eigenvalue weighted by atomic mass is 32.2. The zero-order valence-corrected chi connectivity index (χ0v) is 18.6. The van der Waals surface area contributed by atoms with Gasteiger partial charge in [-0.2, -0.15) is 0 Å². The molecule has 3 heterocycles. The second kappa shape index (κ2) is 9.49. The smallest absolute Gasteiger partial charge is 0.271 e. The summed E-state index contributed by atoms with van der Waals surface area (Å²) in [6, 6.07) is 13.8. The van der Waals surface area contributed by atoms with Crippen molar-refractivity contribution in [3.8, 4) is 0 Å². The first kappa shape index (κ1) is 21.3. The Labute approximate surface area is 186 Å². The lowest BCUT2D eigenvalue weighted by Gasteiger charge is -2.27. The van der Waals surface area contributed by atoms with E-state index in [0.717, 1.165) is 35.8 Å². The second-order valence-corrected chi connectivity index (χ2v) is 10.3. The number of rotatable bonds is 7. The fourth-order valence-corrected chi connectivity index (χ4v) is 5.52. The standard InChI is InChI=1S/C22H24N4O3S2/c27-21(24-19-10-11-20(23-16-19)26-12-2-1-3-13-26)15-17-6-8-18(9-7-17)25-31(28,29)22-5-4-14-30-22/h4-11,14,16,25H,1-3,12-13,15H2,(H,24,27). The number of amides is 1. The minimum Gasteiger partial charge on any atom is -0.357 e. The molecule has 1 amide bonds. The normalized spacial score (nSPS) is 14.3. The molecule has 0 saturated carbocycles. The van der Waals surface area contributed by atoms with Gasteiger partial charge in [0.25, 0.3) is 10.0 Å². The van der Waals surface area contributed by atoms with Gasteiger partial charge in [0.15, 0.2) is 0 Å². The summed E-state index contributed by atoms with van der Waals surface area (Å²) >= 11 is 1.16. The van der Waals surface area contributed by atoms with E-state index >= 15 is 0 Å². The molecule has 4 rings (SSSR count). The molecule has 1 saturated heterocycles. The maximum atomic E-state index is 12.4. The molecule has 0 aliphatic carbocycles. The molecule has 2 aromatic heterocycles. The van der Waals surface area contributed by atoms with Gasteiger partial charge >= 0.3 is 0 Å². The van der Waals surface area contributed by atoms with Crippen molar-refractivity contribution in [3.05, 3.63) is 65.7 Å². The van der Waals surface area contributed by atoms with Crippen molar-refractivity contribution in [2.75, 3.05) is 28.0 Å². The summed E-state index contributed by atoms with van der Waals surface area (Å²) in [5.41, 5.74) is 1.90. The third kappa shape index (κ3) is 5.62. The van der Waals surface area contributed by atoms with Gasteiger partial charge in [-0.1, -0.05) is 18.2 Å². The van der Waals surface area contributed by atoms with E-state index in [2.05, 4.69) is 19.9 Å². The highest BCUT2D eigenvalue weighted by Crippen LogP contribution is 2.21. The third-order valence-corrected chi connectivity index (χ3v) is 7.82. The zero-order valence-electron chi connectivity index (χ0n) is 17.0. The van der Waals surface area contributed by atoms with E-state index in [4.69, 9.17) is 0 Å². The number of anilines is 3. The van der Waals surface area contributed by atoms with Crippen LogP contribution in [-0.2, 0) is 21.2 Å². The summed E-state index contributed by atoms with van der Waals surface area (Å²) in [6.07, 6.45) is 5.52. The van der Waals surface area contributed by atoms with Gasteiger partial charge in [-0.15, -0.1) is 11.3 Å². The number of pyridine rings is 1. The number of piperidine rings is 1. The quantitative estimate of drug-likeness (QED) is 0.558. The first-order valence-corrected chi connectivity index (χ1v) is 12.5. The summed E-state index contributed by atoms with van der Waals surface area (Å²) in [5.74, 6) is 0.790. The number of hydrogen-bond donors (Lipinski definition) is 2. The van der Waals surface area contributed by atoms with Gasteiger partial charge in [0.1, 0.15) is 10.0 Å². The Kier molecular flexibility index (Phi) is 6.53. The van der Waals surface area contributed by atoms with Crippen molar-refractivity contribution >= 4 is 44.5 Å². The van der Waals surface area contributed by atoms with Crippen molar-refractivity contribution in [1.29, 1.82) is 0 Å². The lowest BCUT2D eigenvalue weighted by molar-refractivity contribution is -0.115. The van der Waals surface area contributed by atoms with Crippen LogP contribution in [0.4, 0.5) is 17.2 Å². The lowest BCUT2D eigenvalue weighted by Crippen LogP contribution is -2.30. The summed E-state index contributed by atoms with van der Waals surface area (Å²) in [5, 5.41) is 4.58. The molecule has 1 fully saturated rings. The SMILES string of the molecule is O=C(Cc1ccc(NS(=O)(=O)c2cccs2)cc1)Nc1ccc(N2CCCCC2)nc1. The summed E-state index contributed by atoms with van der Waals surface area (Å²) in [6.45, 7) is 2.05. The highest BCUT2D eigenvalue weighted by molar-refractivity contribution is 7.94. The highest BCUT2D eigenvalue weighted by Gasteiger charge is 2.15. The number of sulfonamides is 1. The molecular formula is C22H24N4O3S2. The number of nitrogens with zero attached hydrogens (tertiary/aromatic N) is 2. The molecule has 1 aliphatic rings. The third-order valence-electron chi connectivity index (χ3n) is 5.04. The molecule has 0 atom stereocenters. The van der Waals surface area contributed by atoms with E-state index in [-0.39, 0.29) is 16.5 Å². The number of nitrogens with one attached hydrogen (secondary N) is 2. The minimum absolute atomic E-state index is 0.153. The number of carbonyl (C=O) groups excluding carboxylic acids is 1. The van der Waals surface area contributed by atoms with E-state index < -0.39 is 10.0 Å². The van der Waals surface area contributed by atoms with Crippen molar-refractivity contribution in [1.82, 2.24) is 4.98 Å². The fraction of sp³-hybridized carbons (Fsp3) is 0.273. The van der Waals surface area contributed by atoms with Crippen LogP contribution in [0.5, 0.6) is 0 Å². The molecule has 2 N–H and O–H groups in total. The topological polar surface area (TPSA) is 91.4 Å². The van der Waals surface area contributed by atoms with Crippen LogP contribution in [0.15, 0.2) is 64.3 Å². The van der Waals surface area contributed by atoms with Gasteiger partial charge in [0, 0.05) is 18.8 Å². The largest absolute Gasteiger partial charge is 0.357 e. The van der Waals surface area contributed by atoms with Crippen LogP contribution in [0.25, 0.3) is 0 Å². The van der Waals surface area contributed by atoms with Crippen molar-refractivity contribution in [2.45, 2.75) is 29.9 Å². The molecular weight excluding hydrogens is 432 g/mol. The Morgan fingerprint density at radius 2 is 1.74 bits per heavy atom. The van der Waals surface area contributed by atoms with Crippen molar-refractivity contribution in [3.63, 3.8) is 0 Å². The van der Waals surface area contributed by atoms with Crippen molar-refractivity contribution < 1.29 is 13.2 Å². The molecule has 31 heavy (non-hydrogen) atoms. The predicted molar refractivity (Wildman–Crippen MR) is 124 cm³/mol. The van der Waals surface area contributed by atoms with Crippen LogP contribution < -0.4 is 14.9 Å². The van der Waals surface area contributed by atoms with E-state index in [0.29, 0.717) is 11.4 Å². The first-order valence-electron chi connectivity index (χ1n) is 10.2.